The number of thiazole rings is 1. The van der Waals surface area contributed by atoms with E-state index >= 15 is 0 Å². The Morgan fingerprint density at radius 2 is 2.15 bits per heavy atom. The number of rotatable bonds is 4. The molecule has 0 atom stereocenters. The summed E-state index contributed by atoms with van der Waals surface area (Å²) in [6.45, 7) is 1.74. The van der Waals surface area contributed by atoms with Gasteiger partial charge in [-0.3, -0.25) is 4.72 Å². The lowest BCUT2D eigenvalue weighted by molar-refractivity contribution is 0.0687. The fourth-order valence-electron chi connectivity index (χ4n) is 1.48. The third-order valence-electron chi connectivity index (χ3n) is 2.49. The molecular formula is C11H9BrN2O4S2. The highest BCUT2D eigenvalue weighted by atomic mass is 79.9. The summed E-state index contributed by atoms with van der Waals surface area (Å²) < 4.78 is 27.3. The van der Waals surface area contributed by atoms with Gasteiger partial charge in [0.25, 0.3) is 10.0 Å². The predicted octanol–water partition coefficient (Wildman–Crippen LogP) is 2.71. The van der Waals surface area contributed by atoms with Crippen LogP contribution in [0.5, 0.6) is 0 Å². The van der Waals surface area contributed by atoms with Crippen LogP contribution in [0.2, 0.25) is 0 Å². The first-order chi connectivity index (χ1) is 9.33. The van der Waals surface area contributed by atoms with Crippen LogP contribution in [0.3, 0.4) is 0 Å². The smallest absolute Gasteiger partial charge is 0.356 e. The number of halogens is 1. The number of aromatic nitrogens is 1. The minimum atomic E-state index is -3.98. The van der Waals surface area contributed by atoms with Crippen molar-refractivity contribution in [1.29, 1.82) is 0 Å². The summed E-state index contributed by atoms with van der Waals surface area (Å²) in [6, 6.07) is 5.06. The molecule has 0 radical (unpaired) electrons. The minimum absolute atomic E-state index is 0.315. The summed E-state index contributed by atoms with van der Waals surface area (Å²) in [5.41, 5.74) is 1.79. The molecule has 0 unspecified atom stereocenters. The van der Waals surface area contributed by atoms with Crippen molar-refractivity contribution in [2.24, 2.45) is 0 Å². The fraction of sp³-hybridized carbons (Fsp3) is 0.0909. The van der Waals surface area contributed by atoms with Crippen molar-refractivity contribution < 1.29 is 18.3 Å². The first-order valence-electron chi connectivity index (χ1n) is 5.27. The number of hydrogen-bond donors (Lipinski definition) is 2. The summed E-state index contributed by atoms with van der Waals surface area (Å²) in [4.78, 5) is 14.5. The summed E-state index contributed by atoms with van der Waals surface area (Å²) >= 11 is 4.06. The van der Waals surface area contributed by atoms with Gasteiger partial charge in [0.05, 0.1) is 11.2 Å². The molecule has 0 saturated heterocycles. The van der Waals surface area contributed by atoms with Gasteiger partial charge in [-0.15, -0.1) is 11.3 Å². The van der Waals surface area contributed by atoms with Gasteiger partial charge in [0.2, 0.25) is 0 Å². The van der Waals surface area contributed by atoms with E-state index in [0.29, 0.717) is 11.3 Å². The van der Waals surface area contributed by atoms with Gasteiger partial charge in [-0.2, -0.15) is 0 Å². The van der Waals surface area contributed by atoms with Crippen LogP contribution >= 0.6 is 27.3 Å². The van der Waals surface area contributed by atoms with Crippen molar-refractivity contribution in [2.45, 2.75) is 11.1 Å². The number of sulfonamides is 1. The van der Waals surface area contributed by atoms with E-state index in [2.05, 4.69) is 25.6 Å². The van der Waals surface area contributed by atoms with Crippen LogP contribution in [-0.4, -0.2) is 24.5 Å². The largest absolute Gasteiger partial charge is 0.476 e. The zero-order valence-corrected chi connectivity index (χ0v) is 13.3. The van der Waals surface area contributed by atoms with E-state index in [1.807, 2.05) is 0 Å². The molecular weight excluding hydrogens is 368 g/mol. The van der Waals surface area contributed by atoms with Crippen LogP contribution in [0.1, 0.15) is 16.1 Å². The van der Waals surface area contributed by atoms with Gasteiger partial charge in [0, 0.05) is 4.47 Å². The van der Waals surface area contributed by atoms with Crippen molar-refractivity contribution in [2.75, 3.05) is 4.72 Å². The average Bonchev–Trinajstić information content (AvgIpc) is 2.85. The second kappa shape index (κ2) is 5.51. The molecule has 1 aromatic carbocycles. The molecule has 0 aliphatic carbocycles. The molecule has 2 rings (SSSR count). The van der Waals surface area contributed by atoms with Crippen molar-refractivity contribution in [3.8, 4) is 0 Å². The number of carbonyl (C=O) groups is 1. The molecule has 0 aliphatic rings. The Kier molecular flexibility index (Phi) is 4.11. The average molecular weight is 377 g/mol. The fourth-order valence-corrected chi connectivity index (χ4v) is 4.11. The number of carboxylic acids is 1. The molecule has 0 spiro atoms. The molecule has 1 aromatic heterocycles. The van der Waals surface area contributed by atoms with Crippen LogP contribution in [0, 0.1) is 6.92 Å². The molecule has 0 aliphatic heterocycles. The van der Waals surface area contributed by atoms with E-state index in [4.69, 9.17) is 5.11 Å². The van der Waals surface area contributed by atoms with E-state index in [1.165, 1.54) is 5.51 Å². The molecule has 2 aromatic rings. The molecule has 9 heteroatoms. The Bertz CT molecular complexity index is 770. The number of carboxylic acid groups (broad SMARTS) is 1. The zero-order valence-electron chi connectivity index (χ0n) is 10.1. The topological polar surface area (TPSA) is 96.4 Å². The highest BCUT2D eigenvalue weighted by Crippen LogP contribution is 2.28. The zero-order chi connectivity index (χ0) is 14.9. The number of hydrogen-bond acceptors (Lipinski definition) is 5. The normalized spacial score (nSPS) is 11.3. The van der Waals surface area contributed by atoms with Crippen molar-refractivity contribution in [3.05, 3.63) is 39.4 Å². The monoisotopic (exact) mass is 376 g/mol. The maximum Gasteiger partial charge on any atom is 0.356 e. The number of nitrogens with one attached hydrogen (secondary N) is 1. The lowest BCUT2D eigenvalue weighted by Gasteiger charge is -2.10. The highest BCUT2D eigenvalue weighted by molar-refractivity contribution is 9.10. The summed E-state index contributed by atoms with van der Waals surface area (Å²) in [5, 5.41) is 8.93. The summed E-state index contributed by atoms with van der Waals surface area (Å²) in [6.07, 6.45) is 0. The third-order valence-corrected chi connectivity index (χ3v) is 6.09. The van der Waals surface area contributed by atoms with Gasteiger partial charge in [-0.05, 0) is 24.6 Å². The van der Waals surface area contributed by atoms with E-state index in [9.17, 15) is 13.2 Å². The maximum absolute atomic E-state index is 12.2. The van der Waals surface area contributed by atoms with Gasteiger partial charge >= 0.3 is 5.97 Å². The van der Waals surface area contributed by atoms with Crippen LogP contribution in [0.4, 0.5) is 5.69 Å². The maximum atomic E-state index is 12.2. The van der Waals surface area contributed by atoms with Gasteiger partial charge < -0.3 is 5.11 Å². The number of anilines is 1. The second-order valence-corrected chi connectivity index (χ2v) is 7.40. The Hall–Kier alpha value is -1.45. The molecule has 0 fully saturated rings. The molecule has 0 bridgehead atoms. The Morgan fingerprint density at radius 3 is 2.80 bits per heavy atom. The standard InChI is InChI=1S/C11H9BrN2O4S2/c1-6-7(12)3-2-4-8(6)14-20(17,18)11-9(10(15)16)13-5-19-11/h2-5,14H,1H3,(H,15,16). The molecule has 2 N–H and O–H groups in total. The number of benzene rings is 1. The van der Waals surface area contributed by atoms with Gasteiger partial charge in [-0.25, -0.2) is 18.2 Å². The van der Waals surface area contributed by atoms with E-state index in [1.54, 1.807) is 25.1 Å². The Balaban J connectivity index is 2.44. The van der Waals surface area contributed by atoms with Crippen LogP contribution in [-0.2, 0) is 10.0 Å². The molecule has 0 saturated carbocycles. The SMILES string of the molecule is Cc1c(Br)cccc1NS(=O)(=O)c1scnc1C(=O)O. The van der Waals surface area contributed by atoms with Crippen LogP contribution in [0.15, 0.2) is 32.4 Å². The lowest BCUT2D eigenvalue weighted by atomic mass is 10.2. The quantitative estimate of drug-likeness (QED) is 0.854. The van der Waals surface area contributed by atoms with Gasteiger partial charge in [0.1, 0.15) is 0 Å². The van der Waals surface area contributed by atoms with Gasteiger partial charge in [-0.1, -0.05) is 22.0 Å². The Labute approximate surface area is 127 Å². The van der Waals surface area contributed by atoms with Crippen molar-refractivity contribution in [1.82, 2.24) is 4.98 Å². The van der Waals surface area contributed by atoms with Crippen molar-refractivity contribution in [3.63, 3.8) is 0 Å². The van der Waals surface area contributed by atoms with Gasteiger partial charge in [0.15, 0.2) is 9.90 Å². The lowest BCUT2D eigenvalue weighted by Crippen LogP contribution is -2.16. The van der Waals surface area contributed by atoms with E-state index < -0.39 is 21.7 Å². The Morgan fingerprint density at radius 1 is 1.45 bits per heavy atom. The highest BCUT2D eigenvalue weighted by Gasteiger charge is 2.26. The van der Waals surface area contributed by atoms with Crippen LogP contribution < -0.4 is 4.72 Å². The van der Waals surface area contributed by atoms with E-state index in [-0.39, 0.29) is 4.21 Å². The van der Waals surface area contributed by atoms with Crippen molar-refractivity contribution >= 4 is 48.9 Å². The van der Waals surface area contributed by atoms with Crippen LogP contribution in [0.25, 0.3) is 0 Å². The first-order valence-corrected chi connectivity index (χ1v) is 8.43. The summed E-state index contributed by atoms with van der Waals surface area (Å²) in [5.74, 6) is -1.38. The molecule has 106 valence electrons. The second-order valence-electron chi connectivity index (χ2n) is 3.81. The van der Waals surface area contributed by atoms with E-state index in [0.717, 1.165) is 15.8 Å². The summed E-state index contributed by atoms with van der Waals surface area (Å²) in [7, 11) is -3.98. The molecule has 0 amide bonds. The number of aromatic carboxylic acids is 1. The molecule has 1 heterocycles. The number of nitrogens with zero attached hydrogens (tertiary/aromatic N) is 1. The molecule has 6 nitrogen and oxygen atoms in total. The third kappa shape index (κ3) is 2.84. The predicted molar refractivity (Wildman–Crippen MR) is 78.8 cm³/mol. The molecule has 20 heavy (non-hydrogen) atoms. The first kappa shape index (κ1) is 14.9. The minimum Gasteiger partial charge on any atom is -0.476 e.